The second-order valence-corrected chi connectivity index (χ2v) is 6.78. The maximum Gasteiger partial charge on any atom is 0.224 e. The van der Waals surface area contributed by atoms with Gasteiger partial charge in [-0.25, -0.2) is 8.78 Å². The highest BCUT2D eigenvalue weighted by atomic mass is 19.2. The monoisotopic (exact) mass is 388 g/mol. The molecule has 2 aromatic carbocycles. The molecule has 0 aromatic heterocycles. The summed E-state index contributed by atoms with van der Waals surface area (Å²) in [7, 11) is 0. The Balaban J connectivity index is 1.42. The first-order valence-electron chi connectivity index (χ1n) is 9.22. The number of carbonyl (C=O) groups excluding carboxylic acids is 2. The molecule has 3 rings (SSSR count). The number of carbonyl (C=O) groups is 2. The van der Waals surface area contributed by atoms with Gasteiger partial charge in [-0.2, -0.15) is 0 Å². The van der Waals surface area contributed by atoms with Crippen molar-refractivity contribution in [3.05, 3.63) is 59.2 Å². The maximum atomic E-state index is 13.3. The number of hydrogen-bond acceptors (Lipinski definition) is 3. The lowest BCUT2D eigenvalue weighted by Crippen LogP contribution is -2.26. The highest BCUT2D eigenvalue weighted by molar-refractivity contribution is 5.94. The number of nitrogens with one attached hydrogen (secondary N) is 2. The molecule has 0 radical (unpaired) electrons. The highest BCUT2D eigenvalue weighted by Crippen LogP contribution is 2.26. The van der Waals surface area contributed by atoms with Crippen LogP contribution in [0.2, 0.25) is 0 Å². The van der Waals surface area contributed by atoms with E-state index in [1.165, 1.54) is 6.07 Å². The molecule has 5 nitrogen and oxygen atoms in total. The molecule has 1 aliphatic rings. The van der Waals surface area contributed by atoms with Crippen LogP contribution in [0, 0.1) is 11.6 Å². The number of anilines is 1. The fourth-order valence-electron chi connectivity index (χ4n) is 3.05. The Hall–Kier alpha value is -2.96. The fraction of sp³-hybridized carbons (Fsp3) is 0.333. The van der Waals surface area contributed by atoms with Crippen LogP contribution < -0.4 is 15.4 Å². The number of fused-ring (bicyclic) bond motifs is 1. The molecule has 28 heavy (non-hydrogen) atoms. The van der Waals surface area contributed by atoms with Gasteiger partial charge in [0.2, 0.25) is 11.8 Å². The van der Waals surface area contributed by atoms with Gasteiger partial charge >= 0.3 is 0 Å². The van der Waals surface area contributed by atoms with Crippen molar-refractivity contribution in [1.29, 1.82) is 0 Å². The number of aryl methyl sites for hydroxylation is 1. The summed E-state index contributed by atoms with van der Waals surface area (Å²) in [6.45, 7) is 2.09. The normalized spacial score (nSPS) is 14.0. The number of ether oxygens (including phenoxy) is 1. The van der Waals surface area contributed by atoms with Crippen LogP contribution in [0.5, 0.6) is 5.75 Å². The van der Waals surface area contributed by atoms with Gasteiger partial charge in [0.25, 0.3) is 0 Å². The minimum Gasteiger partial charge on any atom is -0.494 e. The molecule has 1 heterocycles. The first kappa shape index (κ1) is 19.8. The van der Waals surface area contributed by atoms with E-state index in [0.29, 0.717) is 37.2 Å². The van der Waals surface area contributed by atoms with E-state index in [1.54, 1.807) is 13.0 Å². The minimum absolute atomic E-state index is 0.0183. The average Bonchev–Trinajstić information content (AvgIpc) is 2.67. The Kier molecular flexibility index (Phi) is 6.23. The minimum atomic E-state index is -0.934. The Morgan fingerprint density at radius 3 is 2.79 bits per heavy atom. The van der Waals surface area contributed by atoms with Crippen LogP contribution in [0.3, 0.4) is 0 Å². The SMILES string of the molecule is CC(NC(=O)CCCOc1ccc2c(c1)CCC(=O)N2)c1ccc(F)c(F)c1. The van der Waals surface area contributed by atoms with Crippen molar-refractivity contribution in [3.63, 3.8) is 0 Å². The molecule has 1 atom stereocenters. The van der Waals surface area contributed by atoms with Gasteiger partial charge in [-0.3, -0.25) is 9.59 Å². The number of halogens is 2. The van der Waals surface area contributed by atoms with Crippen molar-refractivity contribution in [2.24, 2.45) is 0 Å². The maximum absolute atomic E-state index is 13.3. The van der Waals surface area contributed by atoms with E-state index in [2.05, 4.69) is 10.6 Å². The van der Waals surface area contributed by atoms with Gasteiger partial charge in [0.15, 0.2) is 11.6 Å². The third kappa shape index (κ3) is 5.06. The predicted octanol–water partition coefficient (Wildman–Crippen LogP) is 3.89. The third-order valence-corrected chi connectivity index (χ3v) is 4.61. The predicted molar refractivity (Wildman–Crippen MR) is 101 cm³/mol. The van der Waals surface area contributed by atoms with Crippen molar-refractivity contribution in [3.8, 4) is 5.75 Å². The van der Waals surface area contributed by atoms with E-state index in [4.69, 9.17) is 4.74 Å². The Bertz CT molecular complexity index is 886. The number of benzene rings is 2. The summed E-state index contributed by atoms with van der Waals surface area (Å²) >= 11 is 0. The summed E-state index contributed by atoms with van der Waals surface area (Å²) in [6.07, 6.45) is 1.93. The van der Waals surface area contributed by atoms with Gasteiger partial charge in [0.05, 0.1) is 12.6 Å². The molecule has 7 heteroatoms. The molecule has 2 amide bonds. The lowest BCUT2D eigenvalue weighted by atomic mass is 10.0. The van der Waals surface area contributed by atoms with Crippen LogP contribution >= 0.6 is 0 Å². The lowest BCUT2D eigenvalue weighted by Gasteiger charge is -2.18. The molecule has 148 valence electrons. The number of rotatable bonds is 7. The fourth-order valence-corrected chi connectivity index (χ4v) is 3.05. The summed E-state index contributed by atoms with van der Waals surface area (Å²) in [6, 6.07) is 8.67. The molecule has 0 fully saturated rings. The average molecular weight is 388 g/mol. The summed E-state index contributed by atoms with van der Waals surface area (Å²) in [5, 5.41) is 5.58. The van der Waals surface area contributed by atoms with Crippen molar-refractivity contribution in [2.75, 3.05) is 11.9 Å². The van der Waals surface area contributed by atoms with Gasteiger partial charge in [0.1, 0.15) is 5.75 Å². The second kappa shape index (κ2) is 8.82. The quantitative estimate of drug-likeness (QED) is 0.708. The molecule has 1 aliphatic heterocycles. The largest absolute Gasteiger partial charge is 0.494 e. The first-order chi connectivity index (χ1) is 13.4. The van der Waals surface area contributed by atoms with E-state index in [9.17, 15) is 18.4 Å². The van der Waals surface area contributed by atoms with E-state index in [1.807, 2.05) is 12.1 Å². The van der Waals surface area contributed by atoms with Crippen molar-refractivity contribution >= 4 is 17.5 Å². The lowest BCUT2D eigenvalue weighted by molar-refractivity contribution is -0.122. The topological polar surface area (TPSA) is 67.4 Å². The zero-order valence-electron chi connectivity index (χ0n) is 15.6. The van der Waals surface area contributed by atoms with Crippen LogP contribution in [0.15, 0.2) is 36.4 Å². The van der Waals surface area contributed by atoms with Gasteiger partial charge in [-0.05, 0) is 61.2 Å². The van der Waals surface area contributed by atoms with Crippen LogP contribution in [0.4, 0.5) is 14.5 Å². The van der Waals surface area contributed by atoms with Crippen molar-refractivity contribution in [1.82, 2.24) is 5.32 Å². The molecule has 0 saturated heterocycles. The summed E-state index contributed by atoms with van der Waals surface area (Å²) in [4.78, 5) is 23.4. The molecular weight excluding hydrogens is 366 g/mol. The van der Waals surface area contributed by atoms with E-state index >= 15 is 0 Å². The molecule has 0 saturated carbocycles. The zero-order valence-corrected chi connectivity index (χ0v) is 15.6. The summed E-state index contributed by atoms with van der Waals surface area (Å²) < 4.78 is 32.0. The Labute approximate surface area is 162 Å². The molecule has 1 unspecified atom stereocenters. The number of hydrogen-bond donors (Lipinski definition) is 2. The molecular formula is C21H22F2N2O3. The zero-order chi connectivity index (χ0) is 20.1. The highest BCUT2D eigenvalue weighted by Gasteiger charge is 2.15. The van der Waals surface area contributed by atoms with Gasteiger partial charge in [0, 0.05) is 18.5 Å². The van der Waals surface area contributed by atoms with Gasteiger partial charge in [-0.1, -0.05) is 6.07 Å². The summed E-state index contributed by atoms with van der Waals surface area (Å²) in [5.74, 6) is -1.31. The van der Waals surface area contributed by atoms with Gasteiger partial charge < -0.3 is 15.4 Å². The Morgan fingerprint density at radius 1 is 1.18 bits per heavy atom. The number of amides is 2. The standard InChI is InChI=1S/C21H22F2N2O3/c1-13(14-4-7-17(22)18(23)12-14)24-20(26)3-2-10-28-16-6-8-19-15(11-16)5-9-21(27)25-19/h4,6-8,11-13H,2-3,5,9-10H2,1H3,(H,24,26)(H,25,27). The van der Waals surface area contributed by atoms with Crippen LogP contribution in [0.25, 0.3) is 0 Å². The van der Waals surface area contributed by atoms with E-state index < -0.39 is 17.7 Å². The first-order valence-corrected chi connectivity index (χ1v) is 9.22. The molecule has 2 N–H and O–H groups in total. The second-order valence-electron chi connectivity index (χ2n) is 6.78. The summed E-state index contributed by atoms with van der Waals surface area (Å²) in [5.41, 5.74) is 2.36. The van der Waals surface area contributed by atoms with Crippen LogP contribution in [-0.2, 0) is 16.0 Å². The van der Waals surface area contributed by atoms with Crippen LogP contribution in [0.1, 0.15) is 43.4 Å². The van der Waals surface area contributed by atoms with Crippen molar-refractivity contribution < 1.29 is 23.1 Å². The van der Waals surface area contributed by atoms with Crippen LogP contribution in [-0.4, -0.2) is 18.4 Å². The van der Waals surface area contributed by atoms with E-state index in [0.717, 1.165) is 23.4 Å². The van der Waals surface area contributed by atoms with Crippen molar-refractivity contribution in [2.45, 2.75) is 38.6 Å². The molecule has 0 spiro atoms. The molecule has 0 aliphatic carbocycles. The van der Waals surface area contributed by atoms with Gasteiger partial charge in [-0.15, -0.1) is 0 Å². The van der Waals surface area contributed by atoms with E-state index in [-0.39, 0.29) is 18.2 Å². The third-order valence-electron chi connectivity index (χ3n) is 4.61. The Morgan fingerprint density at radius 2 is 2.00 bits per heavy atom. The smallest absolute Gasteiger partial charge is 0.224 e. The molecule has 0 bridgehead atoms. The molecule has 2 aromatic rings.